The number of nitrogens with zero attached hydrogens (tertiary/aromatic N) is 2. The number of hydrogen-bond donors (Lipinski definition) is 2. The van der Waals surface area contributed by atoms with Crippen molar-refractivity contribution in [3.05, 3.63) is 126 Å². The molecule has 4 aromatic rings. The van der Waals surface area contributed by atoms with Crippen LogP contribution in [0.2, 0.25) is 0 Å². The molecule has 0 aliphatic heterocycles. The molecule has 1 unspecified atom stereocenters. The Kier molecular flexibility index (Phi) is 7.37. The monoisotopic (exact) mass is 455 g/mol. The van der Waals surface area contributed by atoms with Gasteiger partial charge in [0.25, 0.3) is 0 Å². The van der Waals surface area contributed by atoms with E-state index in [1.54, 1.807) is 30.2 Å². The fourth-order valence-corrected chi connectivity index (χ4v) is 5.45. The molecular weight excluding hydrogens is 430 g/mol. The van der Waals surface area contributed by atoms with E-state index in [-0.39, 0.29) is 0 Å². The van der Waals surface area contributed by atoms with E-state index in [1.165, 1.54) is 0 Å². The second-order valence-corrected chi connectivity index (χ2v) is 8.83. The zero-order valence-electron chi connectivity index (χ0n) is 18.0. The van der Waals surface area contributed by atoms with E-state index in [4.69, 9.17) is 0 Å². The van der Waals surface area contributed by atoms with Crippen LogP contribution in [0.4, 0.5) is 5.95 Å². The van der Waals surface area contributed by atoms with E-state index in [1.807, 2.05) is 54.6 Å². The van der Waals surface area contributed by atoms with Crippen molar-refractivity contribution >= 4 is 23.7 Å². The van der Waals surface area contributed by atoms with Gasteiger partial charge in [0.2, 0.25) is 5.95 Å². The summed E-state index contributed by atoms with van der Waals surface area (Å²) in [5.41, 5.74) is 3.45. The lowest BCUT2D eigenvalue weighted by Crippen LogP contribution is -2.32. The van der Waals surface area contributed by atoms with Crippen molar-refractivity contribution in [3.8, 4) is 0 Å². The summed E-state index contributed by atoms with van der Waals surface area (Å²) in [6.45, 7) is 0. The van der Waals surface area contributed by atoms with Crippen LogP contribution in [0.1, 0.15) is 23.1 Å². The minimum absolute atomic E-state index is 0.315. The van der Waals surface area contributed by atoms with Gasteiger partial charge in [-0.3, -0.25) is 0 Å². The average Bonchev–Trinajstić information content (AvgIpc) is 2.88. The van der Waals surface area contributed by atoms with Crippen molar-refractivity contribution in [1.29, 1.82) is 0 Å². The van der Waals surface area contributed by atoms with Gasteiger partial charge in [-0.15, -0.1) is 11.8 Å². The quantitative estimate of drug-likeness (QED) is 0.310. The highest BCUT2D eigenvalue weighted by atomic mass is 32.2. The standard InChI is InChI=1S/C27H25N3O2S/c31-25(32)24(30-26-28-18-10-19-29-26)17-20-33-27(21-11-4-1-5-12-21,22-13-6-2-7-14-22)23-15-8-3-9-16-23/h1-16,18-19,24H,17,20H2,(H,31,32)(H,28,29,30). The number of rotatable bonds is 10. The molecule has 0 bridgehead atoms. The van der Waals surface area contributed by atoms with Gasteiger partial charge in [-0.2, -0.15) is 0 Å². The third kappa shape index (κ3) is 5.23. The van der Waals surface area contributed by atoms with Crippen LogP contribution in [-0.4, -0.2) is 32.8 Å². The molecule has 3 aromatic carbocycles. The topological polar surface area (TPSA) is 75.1 Å². The van der Waals surface area contributed by atoms with Crippen molar-refractivity contribution in [2.75, 3.05) is 11.1 Å². The fourth-order valence-electron chi connectivity index (χ4n) is 3.89. The van der Waals surface area contributed by atoms with E-state index >= 15 is 0 Å². The Balaban J connectivity index is 1.67. The SMILES string of the molecule is O=C(O)C(CCSC(c1ccccc1)(c1ccccc1)c1ccccc1)Nc1ncccn1. The number of thioether (sulfide) groups is 1. The van der Waals surface area contributed by atoms with Crippen molar-refractivity contribution in [3.63, 3.8) is 0 Å². The van der Waals surface area contributed by atoms with Gasteiger partial charge in [0.15, 0.2) is 0 Å². The predicted molar refractivity (Wildman–Crippen MR) is 133 cm³/mol. The third-order valence-corrected chi connectivity index (χ3v) is 7.01. The number of nitrogens with one attached hydrogen (secondary N) is 1. The summed E-state index contributed by atoms with van der Waals surface area (Å²) >= 11 is 1.74. The van der Waals surface area contributed by atoms with Gasteiger partial charge in [-0.25, -0.2) is 14.8 Å². The summed E-state index contributed by atoms with van der Waals surface area (Å²) in [4.78, 5) is 20.2. The summed E-state index contributed by atoms with van der Waals surface area (Å²) in [7, 11) is 0. The van der Waals surface area contributed by atoms with Gasteiger partial charge in [0.1, 0.15) is 6.04 Å². The van der Waals surface area contributed by atoms with Crippen LogP contribution >= 0.6 is 11.8 Å². The molecule has 1 heterocycles. The van der Waals surface area contributed by atoms with Crippen LogP contribution in [0.5, 0.6) is 0 Å². The van der Waals surface area contributed by atoms with Crippen LogP contribution in [-0.2, 0) is 9.54 Å². The molecule has 5 nitrogen and oxygen atoms in total. The Morgan fingerprint density at radius 1 is 0.788 bits per heavy atom. The number of aromatic nitrogens is 2. The molecule has 2 N–H and O–H groups in total. The van der Waals surface area contributed by atoms with Gasteiger partial charge in [-0.05, 0) is 34.9 Å². The van der Waals surface area contributed by atoms with Crippen molar-refractivity contribution in [2.45, 2.75) is 17.2 Å². The van der Waals surface area contributed by atoms with Crippen LogP contribution in [0.25, 0.3) is 0 Å². The molecule has 0 amide bonds. The molecular formula is C27H25N3O2S. The number of benzene rings is 3. The first-order chi connectivity index (χ1) is 16.2. The fraction of sp³-hybridized carbons (Fsp3) is 0.148. The molecule has 0 saturated heterocycles. The molecule has 0 aliphatic rings. The lowest BCUT2D eigenvalue weighted by Gasteiger charge is -2.35. The Morgan fingerprint density at radius 2 is 1.24 bits per heavy atom. The third-order valence-electron chi connectivity index (χ3n) is 5.43. The molecule has 4 rings (SSSR count). The minimum atomic E-state index is -0.923. The van der Waals surface area contributed by atoms with Crippen LogP contribution < -0.4 is 5.32 Å². The zero-order valence-corrected chi connectivity index (χ0v) is 18.9. The Morgan fingerprint density at radius 3 is 1.67 bits per heavy atom. The maximum Gasteiger partial charge on any atom is 0.326 e. The van der Waals surface area contributed by atoms with Crippen molar-refractivity contribution in [2.24, 2.45) is 0 Å². The predicted octanol–water partition coefficient (Wildman–Crippen LogP) is 5.46. The van der Waals surface area contributed by atoms with Crippen LogP contribution in [0.3, 0.4) is 0 Å². The Hall–Kier alpha value is -3.64. The average molecular weight is 456 g/mol. The first-order valence-electron chi connectivity index (χ1n) is 10.8. The second-order valence-electron chi connectivity index (χ2n) is 7.52. The van der Waals surface area contributed by atoms with Gasteiger partial charge in [-0.1, -0.05) is 91.0 Å². The van der Waals surface area contributed by atoms with Gasteiger partial charge < -0.3 is 10.4 Å². The van der Waals surface area contributed by atoms with Crippen molar-refractivity contribution < 1.29 is 9.90 Å². The first kappa shape index (κ1) is 22.6. The van der Waals surface area contributed by atoms with Crippen molar-refractivity contribution in [1.82, 2.24) is 9.97 Å². The molecule has 1 aromatic heterocycles. The van der Waals surface area contributed by atoms with Crippen LogP contribution in [0, 0.1) is 0 Å². The first-order valence-corrected chi connectivity index (χ1v) is 11.8. The molecule has 0 fully saturated rings. The lowest BCUT2D eigenvalue weighted by atomic mass is 9.84. The Bertz CT molecular complexity index is 1050. The number of carboxylic acids is 1. The van der Waals surface area contributed by atoms with E-state index < -0.39 is 16.8 Å². The molecule has 0 saturated carbocycles. The summed E-state index contributed by atoms with van der Waals surface area (Å²) in [6.07, 6.45) is 3.59. The number of aliphatic carboxylic acids is 1. The normalized spacial score (nSPS) is 12.1. The highest BCUT2D eigenvalue weighted by Crippen LogP contribution is 2.48. The maximum absolute atomic E-state index is 11.9. The molecule has 0 radical (unpaired) electrons. The smallest absolute Gasteiger partial charge is 0.326 e. The summed E-state index contributed by atoms with van der Waals surface area (Å²) in [6, 6.07) is 32.0. The lowest BCUT2D eigenvalue weighted by molar-refractivity contribution is -0.137. The number of carboxylic acid groups (broad SMARTS) is 1. The molecule has 1 atom stereocenters. The number of anilines is 1. The zero-order chi connectivity index (χ0) is 22.9. The summed E-state index contributed by atoms with van der Waals surface area (Å²) in [5.74, 6) is -0.00158. The van der Waals surface area contributed by atoms with E-state index in [9.17, 15) is 9.90 Å². The van der Waals surface area contributed by atoms with E-state index in [0.717, 1.165) is 16.7 Å². The Labute approximate surface area is 197 Å². The number of carbonyl (C=O) groups is 1. The summed E-state index contributed by atoms with van der Waals surface area (Å²) < 4.78 is -0.476. The van der Waals surface area contributed by atoms with E-state index in [2.05, 4.69) is 51.7 Å². The van der Waals surface area contributed by atoms with Gasteiger partial charge in [0.05, 0.1) is 4.75 Å². The van der Waals surface area contributed by atoms with Gasteiger partial charge in [0, 0.05) is 12.4 Å². The molecule has 33 heavy (non-hydrogen) atoms. The maximum atomic E-state index is 11.9. The molecule has 0 aliphatic carbocycles. The van der Waals surface area contributed by atoms with Gasteiger partial charge >= 0.3 is 5.97 Å². The van der Waals surface area contributed by atoms with Crippen LogP contribution in [0.15, 0.2) is 109 Å². The highest BCUT2D eigenvalue weighted by Gasteiger charge is 2.37. The molecule has 6 heteroatoms. The summed E-state index contributed by atoms with van der Waals surface area (Å²) in [5, 5.41) is 12.7. The molecule has 0 spiro atoms. The minimum Gasteiger partial charge on any atom is -0.480 e. The number of hydrogen-bond acceptors (Lipinski definition) is 5. The highest BCUT2D eigenvalue weighted by molar-refractivity contribution is 8.00. The van der Waals surface area contributed by atoms with E-state index in [0.29, 0.717) is 18.1 Å². The molecule has 166 valence electrons. The second kappa shape index (κ2) is 10.8. The largest absolute Gasteiger partial charge is 0.480 e.